The van der Waals surface area contributed by atoms with Crippen molar-refractivity contribution in [3.05, 3.63) is 62.2 Å². The van der Waals surface area contributed by atoms with Gasteiger partial charge >= 0.3 is 4.87 Å². The molecule has 0 radical (unpaired) electrons. The third-order valence-corrected chi connectivity index (χ3v) is 8.99. The maximum absolute atomic E-state index is 12.8. The normalized spacial score (nSPS) is 15.8. The van der Waals surface area contributed by atoms with Crippen molar-refractivity contribution in [2.45, 2.75) is 32.1 Å². The van der Waals surface area contributed by atoms with Gasteiger partial charge in [0, 0.05) is 35.7 Å². The zero-order chi connectivity index (χ0) is 22.9. The van der Waals surface area contributed by atoms with E-state index in [4.69, 9.17) is 0 Å². The van der Waals surface area contributed by atoms with E-state index in [1.54, 1.807) is 22.8 Å². The van der Waals surface area contributed by atoms with Crippen LogP contribution < -0.4 is 10.2 Å². The Morgan fingerprint density at radius 3 is 2.62 bits per heavy atom. The van der Waals surface area contributed by atoms with Gasteiger partial charge in [-0.15, -0.1) is 0 Å². The molecule has 7 nitrogen and oxygen atoms in total. The monoisotopic (exact) mass is 537 g/mol. The van der Waals surface area contributed by atoms with E-state index in [2.05, 4.69) is 21.2 Å². The Labute approximate surface area is 199 Å². The summed E-state index contributed by atoms with van der Waals surface area (Å²) in [4.78, 5) is 24.8. The third kappa shape index (κ3) is 4.98. The summed E-state index contributed by atoms with van der Waals surface area (Å²) in [5.41, 5.74) is 2.25. The highest BCUT2D eigenvalue weighted by molar-refractivity contribution is 9.10. The maximum atomic E-state index is 12.8. The second kappa shape index (κ2) is 9.46. The smallest absolute Gasteiger partial charge is 0.308 e. The molecule has 1 fully saturated rings. The molecule has 10 heteroatoms. The minimum Gasteiger partial charge on any atom is -0.326 e. The van der Waals surface area contributed by atoms with Crippen molar-refractivity contribution in [1.29, 1.82) is 0 Å². The lowest BCUT2D eigenvalue weighted by Crippen LogP contribution is -2.41. The molecule has 0 aliphatic carbocycles. The molecule has 1 aliphatic rings. The summed E-state index contributed by atoms with van der Waals surface area (Å²) < 4.78 is 30.5. The van der Waals surface area contributed by atoms with Crippen LogP contribution in [-0.2, 0) is 27.1 Å². The van der Waals surface area contributed by atoms with Gasteiger partial charge in [-0.1, -0.05) is 39.4 Å². The number of anilines is 1. The van der Waals surface area contributed by atoms with Gasteiger partial charge in [-0.3, -0.25) is 14.2 Å². The number of aryl methyl sites for hydroxylation is 1. The van der Waals surface area contributed by atoms with E-state index >= 15 is 0 Å². The first-order valence-electron chi connectivity index (χ1n) is 10.4. The summed E-state index contributed by atoms with van der Waals surface area (Å²) in [6.07, 6.45) is 0.955. The summed E-state index contributed by atoms with van der Waals surface area (Å²) in [5, 5.41) is 2.93. The molecular weight excluding hydrogens is 514 g/mol. The Morgan fingerprint density at radius 1 is 1.19 bits per heavy atom. The number of fused-ring (bicyclic) bond motifs is 1. The third-order valence-electron chi connectivity index (χ3n) is 5.71. The molecule has 1 aromatic heterocycles. The first-order chi connectivity index (χ1) is 15.3. The van der Waals surface area contributed by atoms with Gasteiger partial charge in [-0.05, 0) is 55.7 Å². The molecule has 4 rings (SSSR count). The number of carbonyl (C=O) groups is 1. The molecule has 0 saturated carbocycles. The van der Waals surface area contributed by atoms with Crippen LogP contribution in [0.5, 0.6) is 0 Å². The van der Waals surface area contributed by atoms with E-state index in [-0.39, 0.29) is 22.5 Å². The number of rotatable bonds is 6. The molecule has 32 heavy (non-hydrogen) atoms. The number of halogens is 1. The lowest BCUT2D eigenvalue weighted by molar-refractivity contribution is -0.120. The van der Waals surface area contributed by atoms with Crippen LogP contribution in [-0.4, -0.2) is 36.3 Å². The summed E-state index contributed by atoms with van der Waals surface area (Å²) in [7, 11) is -3.44. The van der Waals surface area contributed by atoms with E-state index in [1.165, 1.54) is 4.31 Å². The number of nitrogens with zero attached hydrogens (tertiary/aromatic N) is 2. The predicted octanol–water partition coefficient (Wildman–Crippen LogP) is 4.03. The number of nitrogens with one attached hydrogen (secondary N) is 1. The largest absolute Gasteiger partial charge is 0.326 e. The van der Waals surface area contributed by atoms with Crippen molar-refractivity contribution < 1.29 is 13.2 Å². The molecule has 2 heterocycles. The van der Waals surface area contributed by atoms with Gasteiger partial charge in [0.15, 0.2) is 0 Å². The highest BCUT2D eigenvalue weighted by Gasteiger charge is 2.31. The predicted molar refractivity (Wildman–Crippen MR) is 131 cm³/mol. The topological polar surface area (TPSA) is 88.5 Å². The second-order valence-electron chi connectivity index (χ2n) is 7.84. The van der Waals surface area contributed by atoms with Crippen LogP contribution in [0, 0.1) is 5.92 Å². The molecule has 0 bridgehead atoms. The quantitative estimate of drug-likeness (QED) is 0.514. The first-order valence-corrected chi connectivity index (χ1v) is 13.6. The van der Waals surface area contributed by atoms with Crippen molar-refractivity contribution in [1.82, 2.24) is 8.87 Å². The molecule has 1 amide bonds. The van der Waals surface area contributed by atoms with E-state index in [0.717, 1.165) is 31.6 Å². The lowest BCUT2D eigenvalue weighted by atomic mass is 9.97. The van der Waals surface area contributed by atoms with Gasteiger partial charge in [0.05, 0.1) is 16.0 Å². The molecule has 0 spiro atoms. The fourth-order valence-corrected chi connectivity index (χ4v) is 7.00. The number of piperidine rings is 1. The van der Waals surface area contributed by atoms with Crippen LogP contribution in [0.3, 0.4) is 0 Å². The number of sulfonamides is 1. The van der Waals surface area contributed by atoms with Crippen molar-refractivity contribution in [3.8, 4) is 0 Å². The van der Waals surface area contributed by atoms with Crippen molar-refractivity contribution in [3.63, 3.8) is 0 Å². The molecule has 170 valence electrons. The van der Waals surface area contributed by atoms with Gasteiger partial charge in [0.25, 0.3) is 0 Å². The Balaban J connectivity index is 1.37. The van der Waals surface area contributed by atoms with Crippen LogP contribution >= 0.6 is 27.3 Å². The van der Waals surface area contributed by atoms with Gasteiger partial charge < -0.3 is 5.32 Å². The summed E-state index contributed by atoms with van der Waals surface area (Å²) in [5.74, 6) is -0.415. The Bertz CT molecular complexity index is 1310. The molecule has 0 atom stereocenters. The van der Waals surface area contributed by atoms with E-state index in [0.29, 0.717) is 38.2 Å². The maximum Gasteiger partial charge on any atom is 0.308 e. The molecule has 0 unspecified atom stereocenters. The fraction of sp³-hybridized carbons (Fsp3) is 0.364. The SMILES string of the molecule is CCn1c(=O)sc2cc(NC(=O)C3CCN(S(=O)(=O)Cc4cccc(Br)c4)CC3)ccc21. The highest BCUT2D eigenvalue weighted by Crippen LogP contribution is 2.26. The number of aromatic nitrogens is 1. The van der Waals surface area contributed by atoms with Crippen LogP contribution in [0.1, 0.15) is 25.3 Å². The van der Waals surface area contributed by atoms with Crippen LogP contribution in [0.4, 0.5) is 5.69 Å². The van der Waals surface area contributed by atoms with Gasteiger partial charge in [-0.2, -0.15) is 0 Å². The molecule has 2 aromatic carbocycles. The van der Waals surface area contributed by atoms with E-state index in [9.17, 15) is 18.0 Å². The summed E-state index contributed by atoms with van der Waals surface area (Å²) in [6, 6.07) is 12.8. The standard InChI is InChI=1S/C22H24BrN3O4S2/c1-2-26-19-7-6-18(13-20(19)31-22(26)28)24-21(27)16-8-10-25(11-9-16)32(29,30)14-15-4-3-5-17(23)12-15/h3-7,12-13,16H,2,8-11,14H2,1H3,(H,24,27). The van der Waals surface area contributed by atoms with Crippen molar-refractivity contribution in [2.75, 3.05) is 18.4 Å². The average molecular weight is 538 g/mol. The Hall–Kier alpha value is -2.01. The van der Waals surface area contributed by atoms with Gasteiger partial charge in [0.2, 0.25) is 15.9 Å². The van der Waals surface area contributed by atoms with Crippen molar-refractivity contribution in [2.24, 2.45) is 5.92 Å². The van der Waals surface area contributed by atoms with Crippen molar-refractivity contribution >= 4 is 59.1 Å². The zero-order valence-corrected chi connectivity index (χ0v) is 20.8. The zero-order valence-electron chi connectivity index (χ0n) is 17.6. The van der Waals surface area contributed by atoms with E-state index in [1.807, 2.05) is 31.2 Å². The number of thiazole rings is 1. The number of hydrogen-bond donors (Lipinski definition) is 1. The second-order valence-corrected chi connectivity index (χ2v) is 11.7. The molecule has 1 aliphatic heterocycles. The number of carbonyl (C=O) groups excluding carboxylic acids is 1. The minimum absolute atomic E-state index is 0.0116. The number of benzene rings is 2. The van der Waals surface area contributed by atoms with Gasteiger partial charge in [0.1, 0.15) is 0 Å². The number of amides is 1. The minimum atomic E-state index is -3.44. The Morgan fingerprint density at radius 2 is 1.94 bits per heavy atom. The number of hydrogen-bond acceptors (Lipinski definition) is 5. The molecule has 1 saturated heterocycles. The average Bonchev–Trinajstić information content (AvgIpc) is 3.07. The van der Waals surface area contributed by atoms with Crippen LogP contribution in [0.2, 0.25) is 0 Å². The summed E-state index contributed by atoms with van der Waals surface area (Å²) >= 11 is 4.53. The van der Waals surface area contributed by atoms with E-state index < -0.39 is 10.0 Å². The van der Waals surface area contributed by atoms with Gasteiger partial charge in [-0.25, -0.2) is 12.7 Å². The molecule has 1 N–H and O–H groups in total. The highest BCUT2D eigenvalue weighted by atomic mass is 79.9. The van der Waals surface area contributed by atoms with Crippen LogP contribution in [0.15, 0.2) is 51.7 Å². The molecular formula is C22H24BrN3O4S2. The fourth-order valence-electron chi connectivity index (χ4n) is 4.01. The summed E-state index contributed by atoms with van der Waals surface area (Å²) in [6.45, 7) is 3.19. The van der Waals surface area contributed by atoms with Crippen LogP contribution in [0.25, 0.3) is 10.2 Å². The first kappa shape index (κ1) is 23.2. The Kier molecular flexibility index (Phi) is 6.85. The lowest BCUT2D eigenvalue weighted by Gasteiger charge is -2.30. The molecule has 3 aromatic rings.